The van der Waals surface area contributed by atoms with Crippen molar-refractivity contribution in [2.45, 2.75) is 25.7 Å². The fraction of sp³-hybridized carbons (Fsp3) is 0.500. The smallest absolute Gasteiger partial charge is 0.227 e. The second kappa shape index (κ2) is 8.45. The zero-order valence-electron chi connectivity index (χ0n) is 14.4. The summed E-state index contributed by atoms with van der Waals surface area (Å²) in [6.45, 7) is 2.64. The zero-order valence-corrected chi connectivity index (χ0v) is 15.1. The largest absolute Gasteiger partial charge is 0.342 e. The summed E-state index contributed by atoms with van der Waals surface area (Å²) < 4.78 is 5.27. The third-order valence-electron chi connectivity index (χ3n) is 4.49. The molecule has 1 amide bonds. The molecule has 7 heteroatoms. The number of aromatic nitrogens is 2. The lowest BCUT2D eigenvalue weighted by Gasteiger charge is -2.32. The summed E-state index contributed by atoms with van der Waals surface area (Å²) in [6.07, 6.45) is 3.11. The number of amides is 1. The molecule has 0 radical (unpaired) electrons. The predicted molar refractivity (Wildman–Crippen MR) is 96.3 cm³/mol. The lowest BCUT2D eigenvalue weighted by atomic mass is 9.97. The van der Waals surface area contributed by atoms with E-state index in [9.17, 15) is 4.79 Å². The number of nitrogens with one attached hydrogen (secondary N) is 1. The maximum absolute atomic E-state index is 12.4. The van der Waals surface area contributed by atoms with E-state index in [1.54, 1.807) is 12.1 Å². The molecule has 1 aliphatic heterocycles. The molecule has 1 aliphatic rings. The molecule has 0 spiro atoms. The number of halogens is 1. The molecule has 1 fully saturated rings. The van der Waals surface area contributed by atoms with Crippen molar-refractivity contribution < 1.29 is 9.32 Å². The molecule has 134 valence electrons. The Morgan fingerprint density at radius 2 is 2.20 bits per heavy atom. The lowest BCUT2D eigenvalue weighted by Crippen LogP contribution is -2.42. The van der Waals surface area contributed by atoms with Crippen LogP contribution in [0.25, 0.3) is 11.4 Å². The summed E-state index contributed by atoms with van der Waals surface area (Å²) >= 11 is 5.88. The van der Waals surface area contributed by atoms with Crippen molar-refractivity contribution in [3.8, 4) is 11.4 Å². The van der Waals surface area contributed by atoms with E-state index in [2.05, 4.69) is 15.5 Å². The first kappa shape index (κ1) is 17.9. The van der Waals surface area contributed by atoms with Gasteiger partial charge in [-0.15, -0.1) is 0 Å². The Kier molecular flexibility index (Phi) is 6.04. The van der Waals surface area contributed by atoms with Gasteiger partial charge in [-0.3, -0.25) is 4.79 Å². The Bertz CT molecular complexity index is 699. The lowest BCUT2D eigenvalue weighted by molar-refractivity contribution is -0.133. The molecule has 1 aromatic heterocycles. The van der Waals surface area contributed by atoms with Crippen LogP contribution in [0.5, 0.6) is 0 Å². The number of carbonyl (C=O) groups is 1. The van der Waals surface area contributed by atoms with Gasteiger partial charge in [-0.2, -0.15) is 4.98 Å². The van der Waals surface area contributed by atoms with Gasteiger partial charge in [0.15, 0.2) is 0 Å². The molecule has 2 aromatic rings. The first-order valence-corrected chi connectivity index (χ1v) is 9.04. The molecule has 0 aliphatic carbocycles. The fourth-order valence-electron chi connectivity index (χ4n) is 3.19. The fourth-order valence-corrected chi connectivity index (χ4v) is 3.32. The number of hydrogen-bond donors (Lipinski definition) is 1. The zero-order chi connectivity index (χ0) is 17.6. The Labute approximate surface area is 152 Å². The second-order valence-corrected chi connectivity index (χ2v) is 6.86. The molecule has 1 unspecified atom stereocenters. The minimum atomic E-state index is 0.159. The summed E-state index contributed by atoms with van der Waals surface area (Å²) in [5.41, 5.74) is 0.844. The highest BCUT2D eigenvalue weighted by Crippen LogP contribution is 2.20. The van der Waals surface area contributed by atoms with Crippen LogP contribution in [0, 0.1) is 5.92 Å². The SMILES string of the molecule is CNCC1CCCN(C(=O)CCc2nc(-c3ccc(Cl)cc3)no2)C1. The summed E-state index contributed by atoms with van der Waals surface area (Å²) in [5.74, 6) is 1.71. The van der Waals surface area contributed by atoms with E-state index in [-0.39, 0.29) is 5.91 Å². The van der Waals surface area contributed by atoms with E-state index in [0.717, 1.165) is 31.6 Å². The van der Waals surface area contributed by atoms with E-state index in [4.69, 9.17) is 16.1 Å². The second-order valence-electron chi connectivity index (χ2n) is 6.42. The molecule has 6 nitrogen and oxygen atoms in total. The number of piperidine rings is 1. The number of likely N-dealkylation sites (tertiary alicyclic amines) is 1. The first-order valence-electron chi connectivity index (χ1n) is 8.66. The van der Waals surface area contributed by atoms with Crippen molar-refractivity contribution in [2.75, 3.05) is 26.7 Å². The summed E-state index contributed by atoms with van der Waals surface area (Å²) in [4.78, 5) is 18.8. The van der Waals surface area contributed by atoms with E-state index in [1.807, 2.05) is 24.1 Å². The quantitative estimate of drug-likeness (QED) is 0.855. The standard InChI is InChI=1S/C18H23ClN4O2/c1-20-11-13-3-2-10-23(12-13)17(24)9-8-16-21-18(22-25-16)14-4-6-15(19)7-5-14/h4-7,13,20H,2-3,8-12H2,1H3. The van der Waals surface area contributed by atoms with Gasteiger partial charge in [0, 0.05) is 36.5 Å². The topological polar surface area (TPSA) is 71.3 Å². The van der Waals surface area contributed by atoms with Gasteiger partial charge >= 0.3 is 0 Å². The highest BCUT2D eigenvalue weighted by molar-refractivity contribution is 6.30. The van der Waals surface area contributed by atoms with Gasteiger partial charge in [-0.25, -0.2) is 0 Å². The average molecular weight is 363 g/mol. The van der Waals surface area contributed by atoms with E-state index in [1.165, 1.54) is 6.42 Å². The highest BCUT2D eigenvalue weighted by atomic mass is 35.5. The van der Waals surface area contributed by atoms with E-state index < -0.39 is 0 Å². The molecule has 0 saturated carbocycles. The normalized spacial score (nSPS) is 17.7. The molecule has 0 bridgehead atoms. The van der Waals surface area contributed by atoms with E-state index in [0.29, 0.717) is 35.5 Å². The number of aryl methyl sites for hydroxylation is 1. The average Bonchev–Trinajstić information content (AvgIpc) is 3.10. The Hall–Kier alpha value is -1.92. The molecule has 3 rings (SSSR count). The molecule has 1 aromatic carbocycles. The summed E-state index contributed by atoms with van der Waals surface area (Å²) in [7, 11) is 1.95. The minimum Gasteiger partial charge on any atom is -0.342 e. The van der Waals surface area contributed by atoms with Gasteiger partial charge in [-0.05, 0) is 56.6 Å². The van der Waals surface area contributed by atoms with Gasteiger partial charge in [0.25, 0.3) is 0 Å². The number of benzene rings is 1. The molecular formula is C18H23ClN4O2. The van der Waals surface area contributed by atoms with Crippen LogP contribution in [0.3, 0.4) is 0 Å². The van der Waals surface area contributed by atoms with Crippen LogP contribution in [-0.2, 0) is 11.2 Å². The monoisotopic (exact) mass is 362 g/mol. The van der Waals surface area contributed by atoms with Crippen LogP contribution < -0.4 is 5.32 Å². The number of rotatable bonds is 6. The highest BCUT2D eigenvalue weighted by Gasteiger charge is 2.23. The van der Waals surface area contributed by atoms with Crippen molar-refractivity contribution in [1.29, 1.82) is 0 Å². The predicted octanol–water partition coefficient (Wildman–Crippen LogP) is 2.78. The van der Waals surface area contributed by atoms with Gasteiger partial charge in [-0.1, -0.05) is 16.8 Å². The first-order chi connectivity index (χ1) is 12.2. The molecule has 1 saturated heterocycles. The number of carbonyl (C=O) groups excluding carboxylic acids is 1. The van der Waals surface area contributed by atoms with Crippen LogP contribution in [0.1, 0.15) is 25.2 Å². The summed E-state index contributed by atoms with van der Waals surface area (Å²) in [6, 6.07) is 7.26. The third kappa shape index (κ3) is 4.80. The summed E-state index contributed by atoms with van der Waals surface area (Å²) in [5, 5.41) is 7.84. The van der Waals surface area contributed by atoms with Gasteiger partial charge in [0.05, 0.1) is 0 Å². The van der Waals surface area contributed by atoms with Gasteiger partial charge in [0.1, 0.15) is 0 Å². The molecule has 1 N–H and O–H groups in total. The molecule has 1 atom stereocenters. The molecule has 2 heterocycles. The third-order valence-corrected chi connectivity index (χ3v) is 4.74. The van der Waals surface area contributed by atoms with E-state index >= 15 is 0 Å². The van der Waals surface area contributed by atoms with Crippen LogP contribution in [0.4, 0.5) is 0 Å². The van der Waals surface area contributed by atoms with Crippen molar-refractivity contribution in [3.05, 3.63) is 35.2 Å². The molecular weight excluding hydrogens is 340 g/mol. The number of hydrogen-bond acceptors (Lipinski definition) is 5. The van der Waals surface area contributed by atoms with Crippen molar-refractivity contribution in [1.82, 2.24) is 20.4 Å². The van der Waals surface area contributed by atoms with Crippen molar-refractivity contribution in [3.63, 3.8) is 0 Å². The van der Waals surface area contributed by atoms with Crippen LogP contribution in [0.2, 0.25) is 5.02 Å². The van der Waals surface area contributed by atoms with Gasteiger partial charge < -0.3 is 14.7 Å². The Morgan fingerprint density at radius 3 is 2.96 bits per heavy atom. The van der Waals surface area contributed by atoms with Gasteiger partial charge in [0.2, 0.25) is 17.6 Å². The van der Waals surface area contributed by atoms with Crippen molar-refractivity contribution >= 4 is 17.5 Å². The van der Waals surface area contributed by atoms with Crippen LogP contribution in [-0.4, -0.2) is 47.6 Å². The van der Waals surface area contributed by atoms with Crippen LogP contribution >= 0.6 is 11.6 Å². The maximum Gasteiger partial charge on any atom is 0.227 e. The maximum atomic E-state index is 12.4. The minimum absolute atomic E-state index is 0.159. The van der Waals surface area contributed by atoms with Crippen molar-refractivity contribution in [2.24, 2.45) is 5.92 Å². The number of nitrogens with zero attached hydrogens (tertiary/aromatic N) is 3. The van der Waals surface area contributed by atoms with Crippen LogP contribution in [0.15, 0.2) is 28.8 Å². The molecule has 25 heavy (non-hydrogen) atoms. The Morgan fingerprint density at radius 1 is 1.40 bits per heavy atom. The Balaban J connectivity index is 1.53.